The number of carbonyl (C=O) groups excluding carboxylic acids is 1. The van der Waals surface area contributed by atoms with Crippen molar-refractivity contribution in [3.63, 3.8) is 0 Å². The summed E-state index contributed by atoms with van der Waals surface area (Å²) in [5.74, 6) is 1.25. The van der Waals surface area contributed by atoms with Crippen LogP contribution >= 0.6 is 22.7 Å². The van der Waals surface area contributed by atoms with E-state index in [-0.39, 0.29) is 18.4 Å². The van der Waals surface area contributed by atoms with E-state index in [1.54, 1.807) is 36.9 Å². The third kappa shape index (κ3) is 4.21. The third-order valence-electron chi connectivity index (χ3n) is 3.82. The number of amides is 1. The van der Waals surface area contributed by atoms with Crippen LogP contribution in [0.15, 0.2) is 52.5 Å². The Bertz CT molecular complexity index is 779. The maximum atomic E-state index is 12.6. The number of methoxy groups -OCH3 is 2. The van der Waals surface area contributed by atoms with Crippen molar-refractivity contribution >= 4 is 28.6 Å². The molecule has 1 N–H and O–H groups in total. The van der Waals surface area contributed by atoms with Crippen LogP contribution in [-0.4, -0.2) is 20.1 Å². The summed E-state index contributed by atoms with van der Waals surface area (Å²) >= 11 is 3.27. The molecule has 0 bridgehead atoms. The molecule has 1 atom stereocenters. The lowest BCUT2D eigenvalue weighted by atomic mass is 10.1. The SMILES string of the molecule is COc1ccc(CC(=O)N[C@@H](c2ccsc2)c2cccs2)cc1OC. The van der Waals surface area contributed by atoms with Gasteiger partial charge in [-0.15, -0.1) is 11.3 Å². The molecular formula is C19H19NO3S2. The van der Waals surface area contributed by atoms with Gasteiger partial charge in [-0.25, -0.2) is 0 Å². The van der Waals surface area contributed by atoms with Gasteiger partial charge in [-0.3, -0.25) is 4.79 Å². The Morgan fingerprint density at radius 3 is 2.60 bits per heavy atom. The van der Waals surface area contributed by atoms with E-state index in [2.05, 4.69) is 10.7 Å². The molecule has 1 aromatic carbocycles. The van der Waals surface area contributed by atoms with E-state index in [0.717, 1.165) is 16.0 Å². The first-order chi connectivity index (χ1) is 12.2. The number of nitrogens with one attached hydrogen (secondary N) is 1. The van der Waals surface area contributed by atoms with Crippen LogP contribution in [0.4, 0.5) is 0 Å². The van der Waals surface area contributed by atoms with Gasteiger partial charge in [0, 0.05) is 4.88 Å². The van der Waals surface area contributed by atoms with E-state index in [0.29, 0.717) is 11.5 Å². The highest BCUT2D eigenvalue weighted by Crippen LogP contribution is 2.29. The lowest BCUT2D eigenvalue weighted by Crippen LogP contribution is -2.29. The molecule has 1 amide bonds. The zero-order chi connectivity index (χ0) is 17.6. The van der Waals surface area contributed by atoms with Crippen LogP contribution in [0.3, 0.4) is 0 Å². The zero-order valence-electron chi connectivity index (χ0n) is 14.0. The van der Waals surface area contributed by atoms with Crippen LogP contribution in [0, 0.1) is 0 Å². The Kier molecular flexibility index (Phi) is 5.73. The summed E-state index contributed by atoms with van der Waals surface area (Å²) in [6.45, 7) is 0. The quantitative estimate of drug-likeness (QED) is 0.673. The standard InChI is InChI=1S/C19H19NO3S2/c1-22-15-6-5-13(10-16(15)23-2)11-18(21)20-19(14-7-9-24-12-14)17-4-3-8-25-17/h3-10,12,19H,11H2,1-2H3,(H,20,21)/t19-/m0/s1. The average molecular weight is 373 g/mol. The number of rotatable bonds is 7. The minimum absolute atomic E-state index is 0.0307. The number of carbonyl (C=O) groups is 1. The molecule has 6 heteroatoms. The fourth-order valence-corrected chi connectivity index (χ4v) is 4.09. The Morgan fingerprint density at radius 2 is 1.96 bits per heavy atom. The molecule has 25 heavy (non-hydrogen) atoms. The Morgan fingerprint density at radius 1 is 1.12 bits per heavy atom. The second kappa shape index (κ2) is 8.18. The first-order valence-electron chi connectivity index (χ1n) is 7.77. The van der Waals surface area contributed by atoms with Crippen molar-refractivity contribution in [3.05, 3.63) is 68.5 Å². The van der Waals surface area contributed by atoms with Gasteiger partial charge < -0.3 is 14.8 Å². The lowest BCUT2D eigenvalue weighted by Gasteiger charge is -2.17. The van der Waals surface area contributed by atoms with Crippen molar-refractivity contribution in [1.29, 1.82) is 0 Å². The van der Waals surface area contributed by atoms with Crippen LogP contribution < -0.4 is 14.8 Å². The smallest absolute Gasteiger partial charge is 0.225 e. The van der Waals surface area contributed by atoms with Gasteiger partial charge in [0.2, 0.25) is 5.91 Å². The maximum absolute atomic E-state index is 12.6. The predicted molar refractivity (Wildman–Crippen MR) is 102 cm³/mol. The minimum atomic E-state index is -0.112. The average Bonchev–Trinajstić information content (AvgIpc) is 3.33. The second-order valence-corrected chi connectivity index (χ2v) is 7.20. The van der Waals surface area contributed by atoms with E-state index < -0.39 is 0 Å². The third-order valence-corrected chi connectivity index (χ3v) is 5.46. The Labute approximate surface area is 155 Å². The molecule has 0 aliphatic rings. The van der Waals surface area contributed by atoms with Crippen molar-refractivity contribution in [2.24, 2.45) is 0 Å². The number of benzene rings is 1. The molecular weight excluding hydrogens is 354 g/mol. The molecule has 0 unspecified atom stereocenters. The second-order valence-electron chi connectivity index (χ2n) is 5.44. The molecule has 2 aromatic heterocycles. The fraction of sp³-hybridized carbons (Fsp3) is 0.211. The summed E-state index contributed by atoms with van der Waals surface area (Å²) in [7, 11) is 3.18. The van der Waals surface area contributed by atoms with E-state index in [4.69, 9.17) is 9.47 Å². The summed E-state index contributed by atoms with van der Waals surface area (Å²) < 4.78 is 10.5. The van der Waals surface area contributed by atoms with Crippen LogP contribution in [0.2, 0.25) is 0 Å². The molecule has 0 fully saturated rings. The zero-order valence-corrected chi connectivity index (χ0v) is 15.7. The molecule has 0 saturated heterocycles. The minimum Gasteiger partial charge on any atom is -0.493 e. The van der Waals surface area contributed by atoms with Gasteiger partial charge in [0.05, 0.1) is 26.7 Å². The van der Waals surface area contributed by atoms with Crippen LogP contribution in [0.25, 0.3) is 0 Å². The van der Waals surface area contributed by atoms with E-state index in [9.17, 15) is 4.79 Å². The van der Waals surface area contributed by atoms with Crippen molar-refractivity contribution in [2.75, 3.05) is 14.2 Å². The Hall–Kier alpha value is -2.31. The molecule has 4 nitrogen and oxygen atoms in total. The summed E-state index contributed by atoms with van der Waals surface area (Å²) in [6.07, 6.45) is 0.284. The van der Waals surface area contributed by atoms with E-state index in [1.807, 2.05) is 47.2 Å². The van der Waals surface area contributed by atoms with Crippen LogP contribution in [0.1, 0.15) is 22.0 Å². The van der Waals surface area contributed by atoms with Crippen molar-refractivity contribution in [3.8, 4) is 11.5 Å². The van der Waals surface area contributed by atoms with Crippen molar-refractivity contribution in [2.45, 2.75) is 12.5 Å². The molecule has 3 rings (SSSR count). The molecule has 0 aliphatic carbocycles. The number of ether oxygens (including phenoxy) is 2. The highest BCUT2D eigenvalue weighted by Gasteiger charge is 2.18. The number of thiophene rings is 2. The first kappa shape index (κ1) is 17.5. The van der Waals surface area contributed by atoms with E-state index >= 15 is 0 Å². The predicted octanol–water partition coefficient (Wildman–Crippen LogP) is 4.28. The molecule has 2 heterocycles. The molecule has 3 aromatic rings. The van der Waals surface area contributed by atoms with Gasteiger partial charge in [-0.1, -0.05) is 12.1 Å². The largest absolute Gasteiger partial charge is 0.493 e. The Balaban J connectivity index is 1.74. The topological polar surface area (TPSA) is 47.6 Å². The summed E-state index contributed by atoms with van der Waals surface area (Å²) in [4.78, 5) is 13.7. The maximum Gasteiger partial charge on any atom is 0.225 e. The van der Waals surface area contributed by atoms with Gasteiger partial charge in [-0.2, -0.15) is 11.3 Å². The fourth-order valence-electron chi connectivity index (χ4n) is 2.60. The van der Waals surface area contributed by atoms with Crippen LogP contribution in [0.5, 0.6) is 11.5 Å². The summed E-state index contributed by atoms with van der Waals surface area (Å²) in [6, 6.07) is 11.5. The van der Waals surface area contributed by atoms with Crippen molar-refractivity contribution in [1.82, 2.24) is 5.32 Å². The first-order valence-corrected chi connectivity index (χ1v) is 9.59. The van der Waals surface area contributed by atoms with Gasteiger partial charge >= 0.3 is 0 Å². The van der Waals surface area contributed by atoms with Crippen LogP contribution in [-0.2, 0) is 11.2 Å². The number of hydrogen-bond donors (Lipinski definition) is 1. The van der Waals surface area contributed by atoms with Gasteiger partial charge in [0.25, 0.3) is 0 Å². The van der Waals surface area contributed by atoms with Gasteiger partial charge in [-0.05, 0) is 51.5 Å². The van der Waals surface area contributed by atoms with Crippen molar-refractivity contribution < 1.29 is 14.3 Å². The lowest BCUT2D eigenvalue weighted by molar-refractivity contribution is -0.120. The summed E-state index contributed by atoms with van der Waals surface area (Å²) in [5.41, 5.74) is 1.98. The van der Waals surface area contributed by atoms with Gasteiger partial charge in [0.1, 0.15) is 0 Å². The van der Waals surface area contributed by atoms with Gasteiger partial charge in [0.15, 0.2) is 11.5 Å². The molecule has 130 valence electrons. The number of hydrogen-bond acceptors (Lipinski definition) is 5. The summed E-state index contributed by atoms with van der Waals surface area (Å²) in [5, 5.41) is 9.26. The highest BCUT2D eigenvalue weighted by molar-refractivity contribution is 7.10. The monoisotopic (exact) mass is 373 g/mol. The molecule has 0 aliphatic heterocycles. The van der Waals surface area contributed by atoms with E-state index in [1.165, 1.54) is 0 Å². The normalized spacial score (nSPS) is 11.8. The molecule has 0 radical (unpaired) electrons. The molecule has 0 saturated carbocycles. The molecule has 0 spiro atoms. The highest BCUT2D eigenvalue weighted by atomic mass is 32.1.